The Balaban J connectivity index is 2.05. The minimum absolute atomic E-state index is 0.452. The molecule has 2 rings (SSSR count). The lowest BCUT2D eigenvalue weighted by molar-refractivity contribution is 0.198. The normalized spacial score (nSPS) is 22.2. The number of rotatable bonds is 2. The second-order valence-electron chi connectivity index (χ2n) is 4.67. The third kappa shape index (κ3) is 2.54. The maximum absolute atomic E-state index is 9.95. The number of hydrogen-bond donors (Lipinski definition) is 2. The van der Waals surface area contributed by atoms with Gasteiger partial charge in [0.05, 0.1) is 0 Å². The molecule has 0 aromatic heterocycles. The Morgan fingerprint density at radius 1 is 1.50 bits per heavy atom. The van der Waals surface area contributed by atoms with Crippen molar-refractivity contribution in [3.63, 3.8) is 0 Å². The van der Waals surface area contributed by atoms with Crippen LogP contribution in [0.5, 0.6) is 5.75 Å². The van der Waals surface area contributed by atoms with Gasteiger partial charge in [0.1, 0.15) is 5.75 Å². The Labute approximate surface area is 97.1 Å². The molecule has 2 N–H and O–H groups in total. The van der Waals surface area contributed by atoms with Crippen molar-refractivity contribution in [3.05, 3.63) is 29.3 Å². The van der Waals surface area contributed by atoms with Crippen molar-refractivity contribution in [2.75, 3.05) is 19.6 Å². The number of nitrogens with zero attached hydrogens (tertiary/aromatic N) is 1. The largest absolute Gasteiger partial charge is 0.507 e. The highest BCUT2D eigenvalue weighted by Gasteiger charge is 2.16. The second kappa shape index (κ2) is 4.85. The number of hydrogen-bond acceptors (Lipinski definition) is 3. The van der Waals surface area contributed by atoms with Gasteiger partial charge in [0.15, 0.2) is 0 Å². The van der Waals surface area contributed by atoms with Crippen LogP contribution in [0.2, 0.25) is 0 Å². The number of nitrogens with one attached hydrogen (secondary N) is 1. The van der Waals surface area contributed by atoms with Crippen LogP contribution in [-0.4, -0.2) is 35.7 Å². The van der Waals surface area contributed by atoms with E-state index < -0.39 is 0 Å². The second-order valence-corrected chi connectivity index (χ2v) is 4.67. The first-order valence-electron chi connectivity index (χ1n) is 5.90. The average Bonchev–Trinajstić information content (AvgIpc) is 2.25. The van der Waals surface area contributed by atoms with Crippen LogP contribution in [0.4, 0.5) is 0 Å². The van der Waals surface area contributed by atoms with Gasteiger partial charge in [-0.2, -0.15) is 0 Å². The molecule has 16 heavy (non-hydrogen) atoms. The molecule has 1 aliphatic heterocycles. The molecule has 3 heteroatoms. The Bertz CT molecular complexity index is 365. The number of aromatic hydroxyl groups is 1. The molecule has 3 nitrogen and oxygen atoms in total. The summed E-state index contributed by atoms with van der Waals surface area (Å²) in [5, 5.41) is 13.4. The highest BCUT2D eigenvalue weighted by Crippen LogP contribution is 2.23. The first kappa shape index (κ1) is 11.4. The lowest BCUT2D eigenvalue weighted by Gasteiger charge is -2.32. The number of piperazine rings is 1. The molecule has 1 atom stereocenters. The minimum atomic E-state index is 0.452. The standard InChI is InChI=1S/C13H20N2O/c1-10-4-3-5-12(13(10)16)9-15-7-6-14-11(2)8-15/h3-5,11,14,16H,6-9H2,1-2H3/t11-/m1/s1. The van der Waals surface area contributed by atoms with Gasteiger partial charge in [-0.15, -0.1) is 0 Å². The molecule has 0 bridgehead atoms. The number of aryl methyl sites for hydroxylation is 1. The van der Waals surface area contributed by atoms with Gasteiger partial charge in [0, 0.05) is 37.8 Å². The van der Waals surface area contributed by atoms with Gasteiger partial charge in [-0.3, -0.25) is 4.90 Å². The van der Waals surface area contributed by atoms with Crippen molar-refractivity contribution in [2.24, 2.45) is 0 Å². The monoisotopic (exact) mass is 220 g/mol. The van der Waals surface area contributed by atoms with Crippen molar-refractivity contribution >= 4 is 0 Å². The predicted molar refractivity (Wildman–Crippen MR) is 65.6 cm³/mol. The van der Waals surface area contributed by atoms with E-state index in [0.29, 0.717) is 11.8 Å². The van der Waals surface area contributed by atoms with Crippen molar-refractivity contribution < 1.29 is 5.11 Å². The molecule has 0 unspecified atom stereocenters. The first-order valence-corrected chi connectivity index (χ1v) is 5.90. The zero-order chi connectivity index (χ0) is 11.5. The Morgan fingerprint density at radius 2 is 2.31 bits per heavy atom. The lowest BCUT2D eigenvalue weighted by atomic mass is 10.1. The van der Waals surface area contributed by atoms with Crippen LogP contribution >= 0.6 is 0 Å². The molecule has 0 spiro atoms. The fourth-order valence-electron chi connectivity index (χ4n) is 2.24. The molecule has 0 aliphatic carbocycles. The Morgan fingerprint density at radius 3 is 3.06 bits per heavy atom. The number of phenols is 1. The quantitative estimate of drug-likeness (QED) is 0.792. The third-order valence-electron chi connectivity index (χ3n) is 3.17. The van der Waals surface area contributed by atoms with Crippen molar-refractivity contribution in [1.29, 1.82) is 0 Å². The van der Waals surface area contributed by atoms with Crippen molar-refractivity contribution in [2.45, 2.75) is 26.4 Å². The molecule has 1 fully saturated rings. The first-order chi connectivity index (χ1) is 7.66. The van der Waals surface area contributed by atoms with Gasteiger partial charge < -0.3 is 10.4 Å². The van der Waals surface area contributed by atoms with E-state index in [0.717, 1.165) is 37.3 Å². The summed E-state index contributed by atoms with van der Waals surface area (Å²) >= 11 is 0. The van der Waals surface area contributed by atoms with Gasteiger partial charge in [-0.25, -0.2) is 0 Å². The van der Waals surface area contributed by atoms with E-state index in [9.17, 15) is 5.11 Å². The molecule has 1 aromatic carbocycles. The van der Waals surface area contributed by atoms with Gasteiger partial charge in [-0.05, 0) is 19.4 Å². The highest BCUT2D eigenvalue weighted by atomic mass is 16.3. The van der Waals surface area contributed by atoms with E-state index in [2.05, 4.69) is 17.1 Å². The molecular formula is C13H20N2O. The summed E-state index contributed by atoms with van der Waals surface area (Å²) in [6, 6.07) is 6.50. The van der Waals surface area contributed by atoms with E-state index in [4.69, 9.17) is 0 Å². The van der Waals surface area contributed by atoms with Crippen LogP contribution in [0, 0.1) is 6.92 Å². The number of para-hydroxylation sites is 1. The summed E-state index contributed by atoms with van der Waals surface area (Å²) in [7, 11) is 0. The van der Waals surface area contributed by atoms with E-state index in [1.54, 1.807) is 0 Å². The summed E-state index contributed by atoms with van der Waals surface area (Å²) in [4.78, 5) is 2.38. The Kier molecular flexibility index (Phi) is 3.46. The average molecular weight is 220 g/mol. The molecule has 88 valence electrons. The predicted octanol–water partition coefficient (Wildman–Crippen LogP) is 1.49. The maximum Gasteiger partial charge on any atom is 0.122 e. The van der Waals surface area contributed by atoms with Crippen LogP contribution < -0.4 is 5.32 Å². The molecule has 1 heterocycles. The number of phenolic OH excluding ortho intramolecular Hbond substituents is 1. The maximum atomic E-state index is 9.95. The minimum Gasteiger partial charge on any atom is -0.507 e. The summed E-state index contributed by atoms with van der Waals surface area (Å²) in [5.41, 5.74) is 2.00. The molecule has 0 amide bonds. The number of benzene rings is 1. The molecule has 1 saturated heterocycles. The van der Waals surface area contributed by atoms with Crippen LogP contribution in [0.3, 0.4) is 0 Å². The molecule has 1 aliphatic rings. The van der Waals surface area contributed by atoms with Gasteiger partial charge in [0.2, 0.25) is 0 Å². The van der Waals surface area contributed by atoms with Crippen molar-refractivity contribution in [3.8, 4) is 5.75 Å². The smallest absolute Gasteiger partial charge is 0.122 e. The molecule has 0 radical (unpaired) electrons. The SMILES string of the molecule is Cc1cccc(CN2CCN[C@H](C)C2)c1O. The zero-order valence-corrected chi connectivity index (χ0v) is 10.0. The molecule has 1 aromatic rings. The zero-order valence-electron chi connectivity index (χ0n) is 10.0. The third-order valence-corrected chi connectivity index (χ3v) is 3.17. The van der Waals surface area contributed by atoms with Crippen LogP contribution in [0.1, 0.15) is 18.1 Å². The fourth-order valence-corrected chi connectivity index (χ4v) is 2.24. The van der Waals surface area contributed by atoms with Crippen molar-refractivity contribution in [1.82, 2.24) is 10.2 Å². The van der Waals surface area contributed by atoms with Gasteiger partial charge in [-0.1, -0.05) is 18.2 Å². The molecular weight excluding hydrogens is 200 g/mol. The van der Waals surface area contributed by atoms with E-state index >= 15 is 0 Å². The fraction of sp³-hybridized carbons (Fsp3) is 0.538. The summed E-state index contributed by atoms with van der Waals surface area (Å²) in [5.74, 6) is 0.452. The molecule has 0 saturated carbocycles. The van der Waals surface area contributed by atoms with Crippen LogP contribution in [0.25, 0.3) is 0 Å². The topological polar surface area (TPSA) is 35.5 Å². The van der Waals surface area contributed by atoms with Crippen LogP contribution in [-0.2, 0) is 6.54 Å². The summed E-state index contributed by atoms with van der Waals surface area (Å²) in [6.45, 7) is 8.12. The highest BCUT2D eigenvalue weighted by molar-refractivity contribution is 5.39. The van der Waals surface area contributed by atoms with E-state index in [1.165, 1.54) is 0 Å². The van der Waals surface area contributed by atoms with Crippen LogP contribution in [0.15, 0.2) is 18.2 Å². The van der Waals surface area contributed by atoms with Gasteiger partial charge in [0.25, 0.3) is 0 Å². The lowest BCUT2D eigenvalue weighted by Crippen LogP contribution is -2.48. The van der Waals surface area contributed by atoms with E-state index in [-0.39, 0.29) is 0 Å². The Hall–Kier alpha value is -1.06. The van der Waals surface area contributed by atoms with E-state index in [1.807, 2.05) is 25.1 Å². The van der Waals surface area contributed by atoms with Gasteiger partial charge >= 0.3 is 0 Å². The summed E-state index contributed by atoms with van der Waals surface area (Å²) in [6.07, 6.45) is 0. The summed E-state index contributed by atoms with van der Waals surface area (Å²) < 4.78 is 0.